The Labute approximate surface area is 189 Å². The van der Waals surface area contributed by atoms with E-state index in [4.69, 9.17) is 34.8 Å². The second kappa shape index (κ2) is 8.86. The fraction of sp³-hybridized carbons (Fsp3) is 0.0952. The minimum absolute atomic E-state index is 0.0195. The molecule has 0 unspecified atom stereocenters. The van der Waals surface area contributed by atoms with Crippen LogP contribution in [0.15, 0.2) is 90.1 Å². The summed E-state index contributed by atoms with van der Waals surface area (Å²) in [5.74, 6) is -0.596. The molecule has 0 aromatic heterocycles. The number of carbonyl (C=O) groups is 1. The Bertz CT molecular complexity index is 1210. The molecule has 5 nitrogen and oxygen atoms in total. The van der Waals surface area contributed by atoms with Gasteiger partial charge in [-0.1, -0.05) is 53.0 Å². The molecule has 2 aromatic rings. The number of benzene rings is 2. The van der Waals surface area contributed by atoms with E-state index < -0.39 is 15.8 Å². The molecular formula is C21H15Cl3N2O3S. The normalized spacial score (nSPS) is 15.7. The number of Topliss-reactive ketones (excluding diaryl/α,β-unsaturated/α-hetero) is 1. The maximum atomic E-state index is 12.9. The maximum Gasteiger partial charge on any atom is 0.284 e. The molecule has 1 aliphatic carbocycles. The average molecular weight is 482 g/mol. The van der Waals surface area contributed by atoms with Crippen LogP contribution in [0.3, 0.4) is 0 Å². The Morgan fingerprint density at radius 3 is 1.90 bits per heavy atom. The molecule has 0 spiro atoms. The van der Waals surface area contributed by atoms with Crippen LogP contribution >= 0.6 is 34.8 Å². The van der Waals surface area contributed by atoms with E-state index in [9.17, 15) is 13.2 Å². The average Bonchev–Trinajstić information content (AvgIpc) is 2.74. The van der Waals surface area contributed by atoms with Crippen molar-refractivity contribution in [1.82, 2.24) is 0 Å². The van der Waals surface area contributed by atoms with Gasteiger partial charge in [0.1, 0.15) is 0 Å². The molecule has 154 valence electrons. The number of ketones is 1. The summed E-state index contributed by atoms with van der Waals surface area (Å²) in [6.45, 7) is 3.22. The van der Waals surface area contributed by atoms with Crippen LogP contribution in [0.4, 0.5) is 0 Å². The van der Waals surface area contributed by atoms with Crippen LogP contribution in [0.2, 0.25) is 5.02 Å². The molecule has 0 saturated heterocycles. The third kappa shape index (κ3) is 4.57. The van der Waals surface area contributed by atoms with Crippen LogP contribution in [0.5, 0.6) is 0 Å². The Balaban J connectivity index is 2.25. The van der Waals surface area contributed by atoms with Crippen molar-refractivity contribution in [2.75, 3.05) is 0 Å². The number of allylic oxidation sites excluding steroid dienone is 4. The van der Waals surface area contributed by atoms with Crippen molar-refractivity contribution in [3.8, 4) is 0 Å². The second-order valence-electron chi connectivity index (χ2n) is 6.38. The summed E-state index contributed by atoms with van der Waals surface area (Å²) in [6, 6.07) is 14.2. The highest BCUT2D eigenvalue weighted by molar-refractivity contribution is 7.90. The van der Waals surface area contributed by atoms with E-state index in [1.54, 1.807) is 56.3 Å². The third-order valence-electron chi connectivity index (χ3n) is 4.34. The monoisotopic (exact) mass is 480 g/mol. The topological polar surface area (TPSA) is 75.9 Å². The minimum Gasteiger partial charge on any atom is -0.287 e. The number of aliphatic imine (C=N–C) groups is 1. The lowest BCUT2D eigenvalue weighted by Crippen LogP contribution is -2.19. The molecule has 0 fully saturated rings. The Kier molecular flexibility index (Phi) is 6.62. The smallest absolute Gasteiger partial charge is 0.284 e. The summed E-state index contributed by atoms with van der Waals surface area (Å²) in [5, 5.41) is 0.314. The molecule has 0 aliphatic heterocycles. The van der Waals surface area contributed by atoms with E-state index in [0.717, 1.165) is 0 Å². The van der Waals surface area contributed by atoms with E-state index >= 15 is 0 Å². The van der Waals surface area contributed by atoms with Gasteiger partial charge in [-0.05, 0) is 61.4 Å². The molecule has 9 heteroatoms. The van der Waals surface area contributed by atoms with Crippen molar-refractivity contribution in [3.63, 3.8) is 0 Å². The zero-order valence-electron chi connectivity index (χ0n) is 15.9. The first kappa shape index (κ1) is 22.4. The van der Waals surface area contributed by atoms with Crippen LogP contribution < -0.4 is 0 Å². The molecular weight excluding hydrogens is 467 g/mol. The van der Waals surface area contributed by atoms with Crippen molar-refractivity contribution in [2.45, 2.75) is 18.7 Å². The number of hydrogen-bond acceptors (Lipinski definition) is 3. The first-order valence-corrected chi connectivity index (χ1v) is 11.2. The Morgan fingerprint density at radius 2 is 1.37 bits per heavy atom. The standard InChI is InChI=1S/C21H15Cl3N2O3S/c1-12-17(23)20(27)18(24)13(2)19(12)25-21(14-8-10-15(22)11-9-14)26-30(28,29)16-6-4-3-5-7-16/h3-11H,1-2H3/b26-21+. The molecule has 30 heavy (non-hydrogen) atoms. The van der Waals surface area contributed by atoms with Crippen LogP contribution in [0.1, 0.15) is 19.4 Å². The number of hydrogen-bond donors (Lipinski definition) is 0. The summed E-state index contributed by atoms with van der Waals surface area (Å²) in [4.78, 5) is 16.6. The number of nitrogens with zero attached hydrogens (tertiary/aromatic N) is 2. The van der Waals surface area contributed by atoms with Gasteiger partial charge < -0.3 is 0 Å². The number of amidine groups is 1. The van der Waals surface area contributed by atoms with Crippen molar-refractivity contribution >= 4 is 62.2 Å². The Morgan fingerprint density at radius 1 is 0.833 bits per heavy atom. The van der Waals surface area contributed by atoms with Crippen LogP contribution in [0.25, 0.3) is 0 Å². The van der Waals surface area contributed by atoms with Gasteiger partial charge >= 0.3 is 0 Å². The van der Waals surface area contributed by atoms with Crippen molar-refractivity contribution in [3.05, 3.63) is 86.4 Å². The van der Waals surface area contributed by atoms with Gasteiger partial charge in [0.05, 0.1) is 20.7 Å². The maximum absolute atomic E-state index is 12.9. The molecule has 1 aliphatic rings. The van der Waals surface area contributed by atoms with Gasteiger partial charge in [0, 0.05) is 10.6 Å². The zero-order chi connectivity index (χ0) is 22.1. The van der Waals surface area contributed by atoms with Gasteiger partial charge in [0.2, 0.25) is 5.78 Å². The van der Waals surface area contributed by atoms with Gasteiger partial charge in [-0.15, -0.1) is 4.40 Å². The van der Waals surface area contributed by atoms with Gasteiger partial charge in [0.25, 0.3) is 10.0 Å². The highest BCUT2D eigenvalue weighted by atomic mass is 35.5. The molecule has 0 radical (unpaired) electrons. The van der Waals surface area contributed by atoms with E-state index in [2.05, 4.69) is 9.39 Å². The summed E-state index contributed by atoms with van der Waals surface area (Å²) in [6.07, 6.45) is 0. The molecule has 0 heterocycles. The van der Waals surface area contributed by atoms with E-state index in [1.165, 1.54) is 12.1 Å². The SMILES string of the molecule is CC1=C(Cl)C(=O)C(Cl)=C(C)C1=N/C(=N/S(=O)(=O)c1ccccc1)c1ccc(Cl)cc1. The fourth-order valence-electron chi connectivity index (χ4n) is 2.70. The van der Waals surface area contributed by atoms with Gasteiger partial charge in [-0.2, -0.15) is 8.42 Å². The van der Waals surface area contributed by atoms with Crippen LogP contribution in [0, 0.1) is 0 Å². The summed E-state index contributed by atoms with van der Waals surface area (Å²) < 4.78 is 29.7. The van der Waals surface area contributed by atoms with Gasteiger partial charge in [0.15, 0.2) is 5.84 Å². The molecule has 2 aromatic carbocycles. The summed E-state index contributed by atoms with van der Waals surface area (Å²) >= 11 is 18.2. The predicted molar refractivity (Wildman–Crippen MR) is 121 cm³/mol. The number of rotatable bonds is 3. The molecule has 3 rings (SSSR count). The Hall–Kier alpha value is -2.25. The lowest BCUT2D eigenvalue weighted by Gasteiger charge is -2.17. The number of sulfonamides is 1. The van der Waals surface area contributed by atoms with Crippen molar-refractivity contribution in [2.24, 2.45) is 9.39 Å². The number of carbonyl (C=O) groups excluding carboxylic acids is 1. The summed E-state index contributed by atoms with van der Waals surface area (Å²) in [7, 11) is -4.06. The first-order valence-electron chi connectivity index (χ1n) is 8.64. The molecule has 0 saturated carbocycles. The lowest BCUT2D eigenvalue weighted by atomic mass is 9.96. The molecule has 0 atom stereocenters. The van der Waals surface area contributed by atoms with Crippen LogP contribution in [-0.2, 0) is 14.8 Å². The van der Waals surface area contributed by atoms with Gasteiger partial charge in [-0.3, -0.25) is 4.79 Å². The van der Waals surface area contributed by atoms with Crippen molar-refractivity contribution in [1.29, 1.82) is 0 Å². The summed E-state index contributed by atoms with van der Waals surface area (Å²) in [5.41, 5.74) is 1.45. The molecule has 0 bridgehead atoms. The van der Waals surface area contributed by atoms with E-state index in [0.29, 0.717) is 21.7 Å². The predicted octanol–water partition coefficient (Wildman–Crippen LogP) is 5.52. The lowest BCUT2D eigenvalue weighted by molar-refractivity contribution is -0.111. The zero-order valence-corrected chi connectivity index (χ0v) is 18.9. The minimum atomic E-state index is -4.06. The second-order valence-corrected chi connectivity index (χ2v) is 9.17. The van der Waals surface area contributed by atoms with Crippen LogP contribution in [-0.4, -0.2) is 25.7 Å². The largest absolute Gasteiger partial charge is 0.287 e. The molecule has 0 N–H and O–H groups in total. The third-order valence-corrected chi connectivity index (χ3v) is 6.78. The highest BCUT2D eigenvalue weighted by Crippen LogP contribution is 2.30. The van der Waals surface area contributed by atoms with E-state index in [1.807, 2.05) is 0 Å². The quantitative estimate of drug-likeness (QED) is 0.329. The highest BCUT2D eigenvalue weighted by Gasteiger charge is 2.28. The first-order chi connectivity index (χ1) is 14.1. The van der Waals surface area contributed by atoms with Gasteiger partial charge in [-0.25, -0.2) is 4.99 Å². The number of halogens is 3. The van der Waals surface area contributed by atoms with Crippen molar-refractivity contribution < 1.29 is 13.2 Å². The fourth-order valence-corrected chi connectivity index (χ4v) is 4.22. The molecule has 0 amide bonds. The van der Waals surface area contributed by atoms with E-state index in [-0.39, 0.29) is 26.5 Å².